The van der Waals surface area contributed by atoms with Gasteiger partial charge in [0.15, 0.2) is 5.78 Å². The van der Waals surface area contributed by atoms with E-state index in [2.05, 4.69) is 11.8 Å². The fourth-order valence-corrected chi connectivity index (χ4v) is 4.78. The number of Topliss-reactive ketones (excluding diaryl/α,β-unsaturated/α-hetero) is 1. The Bertz CT molecular complexity index is 882. The van der Waals surface area contributed by atoms with Gasteiger partial charge in [-0.1, -0.05) is 25.5 Å². The zero-order valence-corrected chi connectivity index (χ0v) is 16.7. The van der Waals surface area contributed by atoms with E-state index in [1.54, 1.807) is 23.4 Å². The highest BCUT2D eigenvalue weighted by molar-refractivity contribution is 7.89. The van der Waals surface area contributed by atoms with Crippen molar-refractivity contribution in [3.05, 3.63) is 59.7 Å². The van der Waals surface area contributed by atoms with Crippen molar-refractivity contribution in [1.82, 2.24) is 4.31 Å². The second-order valence-electron chi connectivity index (χ2n) is 6.89. The number of anilines is 1. The maximum Gasteiger partial charge on any atom is 0.243 e. The third-order valence-electron chi connectivity index (χ3n) is 4.98. The maximum atomic E-state index is 12.9. The second kappa shape index (κ2) is 8.23. The van der Waals surface area contributed by atoms with Crippen molar-refractivity contribution in [2.45, 2.75) is 31.6 Å². The summed E-state index contributed by atoms with van der Waals surface area (Å²) in [7, 11) is -3.46. The minimum Gasteiger partial charge on any atom is -0.369 e. The number of aryl methyl sites for hydroxylation is 1. The van der Waals surface area contributed by atoms with Gasteiger partial charge in [0.25, 0.3) is 0 Å². The molecule has 2 aromatic carbocycles. The predicted molar refractivity (Wildman–Crippen MR) is 108 cm³/mol. The largest absolute Gasteiger partial charge is 0.369 e. The van der Waals surface area contributed by atoms with Gasteiger partial charge in [0, 0.05) is 37.4 Å². The number of carbonyl (C=O) groups excluding carboxylic acids is 1. The number of piperazine rings is 1. The lowest BCUT2D eigenvalue weighted by Gasteiger charge is -2.35. The van der Waals surface area contributed by atoms with E-state index in [9.17, 15) is 13.2 Å². The molecule has 1 aliphatic rings. The van der Waals surface area contributed by atoms with Gasteiger partial charge in [-0.2, -0.15) is 4.31 Å². The van der Waals surface area contributed by atoms with Gasteiger partial charge in [-0.25, -0.2) is 8.42 Å². The average Bonchev–Trinajstić information content (AvgIpc) is 2.69. The maximum absolute atomic E-state index is 12.9. The lowest BCUT2D eigenvalue weighted by atomic mass is 10.1. The molecule has 6 heteroatoms. The van der Waals surface area contributed by atoms with Crippen LogP contribution in [0.2, 0.25) is 0 Å². The highest BCUT2D eigenvalue weighted by Crippen LogP contribution is 2.22. The van der Waals surface area contributed by atoms with Gasteiger partial charge in [0.1, 0.15) is 0 Å². The third-order valence-corrected chi connectivity index (χ3v) is 6.89. The molecular weight excluding hydrogens is 360 g/mol. The normalized spacial score (nSPS) is 15.7. The Hall–Kier alpha value is -2.18. The highest BCUT2D eigenvalue weighted by Gasteiger charge is 2.28. The van der Waals surface area contributed by atoms with Crippen molar-refractivity contribution >= 4 is 21.5 Å². The monoisotopic (exact) mass is 386 g/mol. The number of nitrogens with zero attached hydrogens (tertiary/aromatic N) is 2. The lowest BCUT2D eigenvalue weighted by molar-refractivity contribution is 0.101. The van der Waals surface area contributed by atoms with Crippen LogP contribution in [0, 0.1) is 0 Å². The van der Waals surface area contributed by atoms with Crippen molar-refractivity contribution in [1.29, 1.82) is 0 Å². The van der Waals surface area contributed by atoms with Gasteiger partial charge in [-0.3, -0.25) is 4.79 Å². The molecule has 1 aliphatic heterocycles. The summed E-state index contributed by atoms with van der Waals surface area (Å²) in [4.78, 5) is 13.9. The van der Waals surface area contributed by atoms with E-state index in [0.29, 0.717) is 36.6 Å². The van der Waals surface area contributed by atoms with Crippen LogP contribution < -0.4 is 4.90 Å². The van der Waals surface area contributed by atoms with Crippen LogP contribution >= 0.6 is 0 Å². The molecule has 27 heavy (non-hydrogen) atoms. The lowest BCUT2D eigenvalue weighted by Crippen LogP contribution is -2.48. The van der Waals surface area contributed by atoms with Crippen molar-refractivity contribution in [3.63, 3.8) is 0 Å². The predicted octanol–water partition coefficient (Wildman–Crippen LogP) is 3.35. The Balaban J connectivity index is 1.66. The number of carbonyl (C=O) groups is 1. The van der Waals surface area contributed by atoms with Crippen LogP contribution in [0.5, 0.6) is 0 Å². The molecule has 0 spiro atoms. The van der Waals surface area contributed by atoms with E-state index in [0.717, 1.165) is 24.1 Å². The topological polar surface area (TPSA) is 57.7 Å². The van der Waals surface area contributed by atoms with Gasteiger partial charge in [-0.15, -0.1) is 0 Å². The van der Waals surface area contributed by atoms with E-state index in [1.807, 2.05) is 36.4 Å². The van der Waals surface area contributed by atoms with E-state index in [-0.39, 0.29) is 5.78 Å². The van der Waals surface area contributed by atoms with E-state index in [1.165, 1.54) is 0 Å². The third kappa shape index (κ3) is 4.39. The number of sulfonamides is 1. The van der Waals surface area contributed by atoms with Crippen LogP contribution in [0.25, 0.3) is 0 Å². The zero-order valence-electron chi connectivity index (χ0n) is 15.9. The van der Waals surface area contributed by atoms with Crippen LogP contribution in [-0.2, 0) is 16.4 Å². The van der Waals surface area contributed by atoms with Gasteiger partial charge in [-0.05, 0) is 55.3 Å². The fourth-order valence-electron chi connectivity index (χ4n) is 3.36. The first kappa shape index (κ1) is 19.6. The fraction of sp³-hybridized carbons (Fsp3) is 0.381. The van der Waals surface area contributed by atoms with Crippen molar-refractivity contribution in [3.8, 4) is 0 Å². The van der Waals surface area contributed by atoms with Crippen molar-refractivity contribution < 1.29 is 13.2 Å². The van der Waals surface area contributed by atoms with Crippen molar-refractivity contribution in [2.75, 3.05) is 31.1 Å². The summed E-state index contributed by atoms with van der Waals surface area (Å²) < 4.78 is 27.3. The summed E-state index contributed by atoms with van der Waals surface area (Å²) >= 11 is 0. The molecular formula is C21H26N2O3S. The molecule has 0 radical (unpaired) electrons. The summed E-state index contributed by atoms with van der Waals surface area (Å²) in [5.41, 5.74) is 2.86. The second-order valence-corrected chi connectivity index (χ2v) is 8.83. The standard InChI is InChI=1S/C21H26N2O3S/c1-3-4-18-5-11-21(12-6-18)27(25,26)23-15-13-22(14-16-23)20-9-7-19(8-10-20)17(2)24/h5-12H,3-4,13-16H2,1-2H3. The van der Waals surface area contributed by atoms with Gasteiger partial charge >= 0.3 is 0 Å². The summed E-state index contributed by atoms with van der Waals surface area (Å²) in [6.07, 6.45) is 2.00. The number of ketones is 1. The van der Waals surface area contributed by atoms with Gasteiger partial charge in [0.2, 0.25) is 10.0 Å². The van der Waals surface area contributed by atoms with Crippen LogP contribution in [0.3, 0.4) is 0 Å². The first-order chi connectivity index (χ1) is 12.9. The minimum atomic E-state index is -3.46. The van der Waals surface area contributed by atoms with Gasteiger partial charge in [0.05, 0.1) is 4.90 Å². The SMILES string of the molecule is CCCc1ccc(S(=O)(=O)N2CCN(c3ccc(C(C)=O)cc3)CC2)cc1. The average molecular weight is 387 g/mol. The molecule has 1 saturated heterocycles. The van der Waals surface area contributed by atoms with Gasteiger partial charge < -0.3 is 4.90 Å². The Labute approximate surface area is 161 Å². The Morgan fingerprint density at radius 3 is 2.04 bits per heavy atom. The molecule has 1 fully saturated rings. The zero-order chi connectivity index (χ0) is 19.4. The molecule has 5 nitrogen and oxygen atoms in total. The van der Waals surface area contributed by atoms with E-state index < -0.39 is 10.0 Å². The molecule has 0 N–H and O–H groups in total. The smallest absolute Gasteiger partial charge is 0.243 e. The number of benzene rings is 2. The summed E-state index contributed by atoms with van der Waals surface area (Å²) in [5.74, 6) is 0.0439. The molecule has 0 unspecified atom stereocenters. The quantitative estimate of drug-likeness (QED) is 0.715. The molecule has 0 aliphatic carbocycles. The molecule has 0 atom stereocenters. The van der Waals surface area contributed by atoms with Crippen LogP contribution in [0.15, 0.2) is 53.4 Å². The number of rotatable bonds is 6. The highest BCUT2D eigenvalue weighted by atomic mass is 32.2. The molecule has 2 aromatic rings. The molecule has 1 heterocycles. The van der Waals surface area contributed by atoms with Crippen LogP contribution in [-0.4, -0.2) is 44.7 Å². The summed E-state index contributed by atoms with van der Waals surface area (Å²) in [5, 5.41) is 0. The number of hydrogen-bond acceptors (Lipinski definition) is 4. The Kier molecular flexibility index (Phi) is 5.97. The molecule has 3 rings (SSSR count). The first-order valence-corrected chi connectivity index (χ1v) is 10.8. The van der Waals surface area contributed by atoms with Crippen LogP contribution in [0.4, 0.5) is 5.69 Å². The Morgan fingerprint density at radius 2 is 1.52 bits per heavy atom. The molecule has 144 valence electrons. The number of hydrogen-bond donors (Lipinski definition) is 0. The molecule has 0 amide bonds. The summed E-state index contributed by atoms with van der Waals surface area (Å²) in [6, 6.07) is 14.7. The minimum absolute atomic E-state index is 0.0439. The van der Waals surface area contributed by atoms with E-state index >= 15 is 0 Å². The van der Waals surface area contributed by atoms with E-state index in [4.69, 9.17) is 0 Å². The van der Waals surface area contributed by atoms with Crippen LogP contribution in [0.1, 0.15) is 36.2 Å². The van der Waals surface area contributed by atoms with Crippen molar-refractivity contribution in [2.24, 2.45) is 0 Å². The molecule has 0 aromatic heterocycles. The molecule has 0 saturated carbocycles. The summed E-state index contributed by atoms with van der Waals surface area (Å²) in [6.45, 7) is 5.82. The molecule has 0 bridgehead atoms. The first-order valence-electron chi connectivity index (χ1n) is 9.37. The Morgan fingerprint density at radius 1 is 0.926 bits per heavy atom.